The standard InChI is InChI=1S/C16H18N2O2/c1-9-3-4-12-13(16(19)20)7-14(11-5-6-17-8-11)18-15(12)10(9)2/h3-4,7,11,17H,5-6,8H2,1-2H3,(H,19,20). The first-order valence-electron chi connectivity index (χ1n) is 6.93. The van der Waals surface area contributed by atoms with E-state index in [2.05, 4.69) is 5.32 Å². The van der Waals surface area contributed by atoms with Crippen molar-refractivity contribution in [3.8, 4) is 0 Å². The van der Waals surface area contributed by atoms with Crippen LogP contribution in [0.2, 0.25) is 0 Å². The highest BCUT2D eigenvalue weighted by atomic mass is 16.4. The number of hydrogen-bond acceptors (Lipinski definition) is 3. The zero-order chi connectivity index (χ0) is 14.3. The van der Waals surface area contributed by atoms with Crippen LogP contribution < -0.4 is 5.32 Å². The number of carboxylic acid groups (broad SMARTS) is 1. The monoisotopic (exact) mass is 270 g/mol. The van der Waals surface area contributed by atoms with E-state index in [1.165, 1.54) is 0 Å². The summed E-state index contributed by atoms with van der Waals surface area (Å²) in [5.74, 6) is -0.565. The second-order valence-corrected chi connectivity index (χ2v) is 5.49. The Hall–Kier alpha value is -1.94. The summed E-state index contributed by atoms with van der Waals surface area (Å²) < 4.78 is 0. The van der Waals surface area contributed by atoms with Crippen molar-refractivity contribution in [1.29, 1.82) is 0 Å². The van der Waals surface area contributed by atoms with Gasteiger partial charge in [-0.25, -0.2) is 4.79 Å². The van der Waals surface area contributed by atoms with Crippen molar-refractivity contribution in [2.24, 2.45) is 0 Å². The Morgan fingerprint density at radius 1 is 1.40 bits per heavy atom. The van der Waals surface area contributed by atoms with Crippen LogP contribution in [0.15, 0.2) is 18.2 Å². The van der Waals surface area contributed by atoms with Gasteiger partial charge < -0.3 is 10.4 Å². The SMILES string of the molecule is Cc1ccc2c(C(=O)O)cc(C3CCNC3)nc2c1C. The van der Waals surface area contributed by atoms with Crippen LogP contribution in [-0.2, 0) is 0 Å². The van der Waals surface area contributed by atoms with Gasteiger partial charge in [-0.2, -0.15) is 0 Å². The maximum atomic E-state index is 11.5. The van der Waals surface area contributed by atoms with Crippen molar-refractivity contribution in [2.45, 2.75) is 26.2 Å². The molecule has 0 bridgehead atoms. The van der Waals surface area contributed by atoms with Gasteiger partial charge in [0.25, 0.3) is 0 Å². The molecule has 1 aliphatic rings. The maximum Gasteiger partial charge on any atom is 0.336 e. The summed E-state index contributed by atoms with van der Waals surface area (Å²) in [6.45, 7) is 5.88. The number of nitrogens with one attached hydrogen (secondary N) is 1. The number of fused-ring (bicyclic) bond motifs is 1. The summed E-state index contributed by atoms with van der Waals surface area (Å²) in [7, 11) is 0. The van der Waals surface area contributed by atoms with E-state index in [1.807, 2.05) is 26.0 Å². The Bertz CT molecular complexity index is 688. The summed E-state index contributed by atoms with van der Waals surface area (Å²) in [5.41, 5.74) is 4.29. The van der Waals surface area contributed by atoms with Crippen molar-refractivity contribution in [2.75, 3.05) is 13.1 Å². The molecule has 3 rings (SSSR count). The van der Waals surface area contributed by atoms with Crippen molar-refractivity contribution < 1.29 is 9.90 Å². The van der Waals surface area contributed by atoms with Gasteiger partial charge in [0.15, 0.2) is 0 Å². The molecule has 1 aromatic heterocycles. The molecule has 20 heavy (non-hydrogen) atoms. The third kappa shape index (κ3) is 2.06. The number of hydrogen-bond donors (Lipinski definition) is 2. The van der Waals surface area contributed by atoms with Gasteiger partial charge in [-0.05, 0) is 44.0 Å². The van der Waals surface area contributed by atoms with Crippen molar-refractivity contribution in [3.63, 3.8) is 0 Å². The van der Waals surface area contributed by atoms with Crippen molar-refractivity contribution >= 4 is 16.9 Å². The molecular formula is C16H18N2O2. The minimum absolute atomic E-state index is 0.317. The topological polar surface area (TPSA) is 62.2 Å². The molecule has 1 atom stereocenters. The molecular weight excluding hydrogens is 252 g/mol. The average Bonchev–Trinajstić information content (AvgIpc) is 2.96. The number of benzene rings is 1. The van der Waals surface area contributed by atoms with E-state index in [4.69, 9.17) is 4.98 Å². The van der Waals surface area contributed by atoms with Crippen LogP contribution in [0, 0.1) is 13.8 Å². The molecule has 0 amide bonds. The third-order valence-corrected chi connectivity index (χ3v) is 4.23. The van der Waals surface area contributed by atoms with Crippen LogP contribution >= 0.6 is 0 Å². The summed E-state index contributed by atoms with van der Waals surface area (Å²) >= 11 is 0. The van der Waals surface area contributed by atoms with E-state index in [0.29, 0.717) is 11.5 Å². The van der Waals surface area contributed by atoms with Gasteiger partial charge >= 0.3 is 5.97 Å². The van der Waals surface area contributed by atoms with Crippen LogP contribution in [0.5, 0.6) is 0 Å². The predicted molar refractivity (Wildman–Crippen MR) is 78.4 cm³/mol. The van der Waals surface area contributed by atoms with E-state index in [9.17, 15) is 9.90 Å². The molecule has 1 aliphatic heterocycles. The average molecular weight is 270 g/mol. The van der Waals surface area contributed by atoms with Crippen LogP contribution in [0.3, 0.4) is 0 Å². The molecule has 2 N–H and O–H groups in total. The quantitative estimate of drug-likeness (QED) is 0.880. The summed E-state index contributed by atoms with van der Waals surface area (Å²) in [4.78, 5) is 16.3. The van der Waals surface area contributed by atoms with Gasteiger partial charge in [0.2, 0.25) is 0 Å². The van der Waals surface area contributed by atoms with Gasteiger partial charge in [-0.15, -0.1) is 0 Å². The number of nitrogens with zero attached hydrogens (tertiary/aromatic N) is 1. The highest BCUT2D eigenvalue weighted by molar-refractivity contribution is 6.03. The summed E-state index contributed by atoms with van der Waals surface area (Å²) in [5, 5.41) is 13.5. The number of aryl methyl sites for hydroxylation is 2. The number of aromatic nitrogens is 1. The lowest BCUT2D eigenvalue weighted by Gasteiger charge is -2.13. The Kier molecular flexibility index (Phi) is 3.18. The zero-order valence-corrected chi connectivity index (χ0v) is 11.7. The van der Waals surface area contributed by atoms with Crippen LogP contribution in [0.25, 0.3) is 10.9 Å². The number of carboxylic acids is 1. The first kappa shape index (κ1) is 13.1. The Morgan fingerprint density at radius 2 is 2.20 bits per heavy atom. The molecule has 4 nitrogen and oxygen atoms in total. The van der Waals surface area contributed by atoms with E-state index >= 15 is 0 Å². The molecule has 0 saturated carbocycles. The molecule has 0 spiro atoms. The normalized spacial score (nSPS) is 18.6. The zero-order valence-electron chi connectivity index (χ0n) is 11.7. The number of carbonyl (C=O) groups is 1. The van der Waals surface area contributed by atoms with Gasteiger partial charge in [-0.3, -0.25) is 4.98 Å². The van der Waals surface area contributed by atoms with E-state index < -0.39 is 5.97 Å². The summed E-state index contributed by atoms with van der Waals surface area (Å²) in [6, 6.07) is 5.57. The van der Waals surface area contributed by atoms with Crippen LogP contribution in [-0.4, -0.2) is 29.1 Å². The molecule has 0 aliphatic carbocycles. The summed E-state index contributed by atoms with van der Waals surface area (Å²) in [6.07, 6.45) is 1.02. The molecule has 1 aromatic carbocycles. The molecule has 104 valence electrons. The molecule has 2 heterocycles. The Labute approximate surface area is 117 Å². The third-order valence-electron chi connectivity index (χ3n) is 4.23. The lowest BCUT2D eigenvalue weighted by Crippen LogP contribution is -2.11. The fraction of sp³-hybridized carbons (Fsp3) is 0.375. The van der Waals surface area contributed by atoms with Crippen molar-refractivity contribution in [1.82, 2.24) is 10.3 Å². The highest BCUT2D eigenvalue weighted by Crippen LogP contribution is 2.28. The number of aromatic carboxylic acids is 1. The number of pyridine rings is 1. The van der Waals surface area contributed by atoms with Gasteiger partial charge in [-0.1, -0.05) is 12.1 Å². The van der Waals surface area contributed by atoms with Crippen LogP contribution in [0.4, 0.5) is 0 Å². The Morgan fingerprint density at radius 3 is 2.85 bits per heavy atom. The lowest BCUT2D eigenvalue weighted by molar-refractivity contribution is 0.0699. The van der Waals surface area contributed by atoms with E-state index in [-0.39, 0.29) is 0 Å². The molecule has 1 fully saturated rings. The molecule has 1 saturated heterocycles. The number of rotatable bonds is 2. The predicted octanol–water partition coefficient (Wildman–Crippen LogP) is 2.63. The second kappa shape index (κ2) is 4.87. The molecule has 4 heteroatoms. The Balaban J connectivity index is 2.28. The first-order chi connectivity index (χ1) is 9.58. The molecule has 0 radical (unpaired) electrons. The van der Waals surface area contributed by atoms with Crippen molar-refractivity contribution in [3.05, 3.63) is 40.6 Å². The first-order valence-corrected chi connectivity index (χ1v) is 6.93. The smallest absolute Gasteiger partial charge is 0.336 e. The highest BCUT2D eigenvalue weighted by Gasteiger charge is 2.21. The largest absolute Gasteiger partial charge is 0.478 e. The second-order valence-electron chi connectivity index (χ2n) is 5.49. The lowest BCUT2D eigenvalue weighted by atomic mass is 9.97. The fourth-order valence-corrected chi connectivity index (χ4v) is 2.84. The van der Waals surface area contributed by atoms with Gasteiger partial charge in [0, 0.05) is 23.5 Å². The maximum absolute atomic E-state index is 11.5. The van der Waals surface area contributed by atoms with E-state index in [1.54, 1.807) is 6.07 Å². The minimum atomic E-state index is -0.882. The fourth-order valence-electron chi connectivity index (χ4n) is 2.84. The van der Waals surface area contributed by atoms with E-state index in [0.717, 1.165) is 47.2 Å². The van der Waals surface area contributed by atoms with Gasteiger partial charge in [0.05, 0.1) is 11.1 Å². The molecule has 2 aromatic rings. The van der Waals surface area contributed by atoms with Crippen LogP contribution in [0.1, 0.15) is 39.5 Å². The molecule has 1 unspecified atom stereocenters. The minimum Gasteiger partial charge on any atom is -0.478 e. The van der Waals surface area contributed by atoms with Gasteiger partial charge in [0.1, 0.15) is 0 Å².